The molecule has 2 rings (SSSR count). The van der Waals surface area contributed by atoms with Gasteiger partial charge in [0.25, 0.3) is 0 Å². The summed E-state index contributed by atoms with van der Waals surface area (Å²) in [6.45, 7) is 7.95. The van der Waals surface area contributed by atoms with Crippen molar-refractivity contribution in [2.75, 3.05) is 26.2 Å². The van der Waals surface area contributed by atoms with Gasteiger partial charge < -0.3 is 15.5 Å². The summed E-state index contributed by atoms with van der Waals surface area (Å²) >= 11 is 0. The number of likely N-dealkylation sites (tertiary alicyclic amines) is 1. The molecule has 2 N–H and O–H groups in total. The second-order valence-corrected chi connectivity index (χ2v) is 6.22. The molecule has 0 saturated carbocycles. The molecule has 1 aliphatic heterocycles. The van der Waals surface area contributed by atoms with Crippen LogP contribution in [0.2, 0.25) is 0 Å². The van der Waals surface area contributed by atoms with Gasteiger partial charge in [0.1, 0.15) is 5.82 Å². The van der Waals surface area contributed by atoms with Crippen LogP contribution in [0.4, 0.5) is 9.18 Å². The normalized spacial score (nSPS) is 20.4. The second-order valence-electron chi connectivity index (χ2n) is 6.22. The molecule has 1 fully saturated rings. The smallest absolute Gasteiger partial charge is 0.315 e. The Morgan fingerprint density at radius 1 is 1.41 bits per heavy atom. The van der Waals surface area contributed by atoms with Crippen LogP contribution in [0.1, 0.15) is 38.3 Å². The summed E-state index contributed by atoms with van der Waals surface area (Å²) in [7, 11) is 0. The molecule has 2 atom stereocenters. The third kappa shape index (κ3) is 5.30. The van der Waals surface area contributed by atoms with E-state index in [0.717, 1.165) is 31.1 Å². The summed E-state index contributed by atoms with van der Waals surface area (Å²) in [5.74, 6) is 0.484. The van der Waals surface area contributed by atoms with Gasteiger partial charge in [0.2, 0.25) is 0 Å². The Bertz CT molecular complexity index is 477. The monoisotopic (exact) mass is 307 g/mol. The maximum Gasteiger partial charge on any atom is 0.315 e. The van der Waals surface area contributed by atoms with Gasteiger partial charge in [-0.3, -0.25) is 0 Å². The first-order valence-electron chi connectivity index (χ1n) is 8.07. The number of rotatable bonds is 5. The highest BCUT2D eigenvalue weighted by molar-refractivity contribution is 5.74. The molecule has 1 heterocycles. The number of halogens is 1. The van der Waals surface area contributed by atoms with Crippen LogP contribution in [-0.2, 0) is 0 Å². The third-order valence-corrected chi connectivity index (χ3v) is 4.17. The molecule has 0 radical (unpaired) electrons. The first kappa shape index (κ1) is 16.7. The zero-order chi connectivity index (χ0) is 15.9. The third-order valence-electron chi connectivity index (χ3n) is 4.17. The summed E-state index contributed by atoms with van der Waals surface area (Å²) in [5, 5.41) is 5.76. The van der Waals surface area contributed by atoms with Crippen LogP contribution in [0, 0.1) is 11.7 Å². The molecule has 0 spiro atoms. The van der Waals surface area contributed by atoms with Gasteiger partial charge in [0, 0.05) is 19.6 Å². The summed E-state index contributed by atoms with van der Waals surface area (Å²) in [6.07, 6.45) is 2.55. The molecule has 1 aromatic carbocycles. The lowest BCUT2D eigenvalue weighted by Gasteiger charge is -2.30. The van der Waals surface area contributed by atoms with Gasteiger partial charge >= 0.3 is 6.03 Å². The van der Waals surface area contributed by atoms with Crippen molar-refractivity contribution < 1.29 is 9.18 Å². The predicted molar refractivity (Wildman–Crippen MR) is 86.2 cm³/mol. The molecule has 0 bridgehead atoms. The van der Waals surface area contributed by atoms with Gasteiger partial charge in [0.15, 0.2) is 0 Å². The van der Waals surface area contributed by atoms with Crippen molar-refractivity contribution in [1.82, 2.24) is 15.5 Å². The first-order valence-corrected chi connectivity index (χ1v) is 8.07. The average molecular weight is 307 g/mol. The Morgan fingerprint density at radius 2 is 2.14 bits per heavy atom. The van der Waals surface area contributed by atoms with Crippen molar-refractivity contribution >= 4 is 6.03 Å². The largest absolute Gasteiger partial charge is 0.337 e. The number of piperidine rings is 1. The van der Waals surface area contributed by atoms with Crippen molar-refractivity contribution in [2.45, 2.75) is 32.7 Å². The van der Waals surface area contributed by atoms with Crippen LogP contribution in [0.25, 0.3) is 0 Å². The Balaban J connectivity index is 1.68. The van der Waals surface area contributed by atoms with E-state index in [4.69, 9.17) is 0 Å². The highest BCUT2D eigenvalue weighted by Crippen LogP contribution is 2.14. The van der Waals surface area contributed by atoms with E-state index in [1.54, 1.807) is 12.1 Å². The maximum atomic E-state index is 12.9. The lowest BCUT2D eigenvalue weighted by molar-refractivity contribution is 0.183. The Kier molecular flexibility index (Phi) is 6.19. The summed E-state index contributed by atoms with van der Waals surface area (Å²) in [5.41, 5.74) is 0.890. The predicted octanol–water partition coefficient (Wildman–Crippen LogP) is 2.92. The van der Waals surface area contributed by atoms with Crippen molar-refractivity contribution in [3.8, 4) is 0 Å². The molecule has 22 heavy (non-hydrogen) atoms. The maximum absolute atomic E-state index is 12.9. The highest BCUT2D eigenvalue weighted by atomic mass is 19.1. The van der Waals surface area contributed by atoms with E-state index >= 15 is 0 Å². The fraction of sp³-hybridized carbons (Fsp3) is 0.588. The lowest BCUT2D eigenvalue weighted by Crippen LogP contribution is -2.43. The van der Waals surface area contributed by atoms with E-state index in [0.29, 0.717) is 6.54 Å². The average Bonchev–Trinajstić information content (AvgIpc) is 2.48. The van der Waals surface area contributed by atoms with Crippen LogP contribution in [0.5, 0.6) is 0 Å². The number of hydrogen-bond donors (Lipinski definition) is 2. The quantitative estimate of drug-likeness (QED) is 0.878. The lowest BCUT2D eigenvalue weighted by atomic mass is 10.0. The second kappa shape index (κ2) is 8.13. The fourth-order valence-electron chi connectivity index (χ4n) is 2.90. The number of carbonyl (C=O) groups excluding carboxylic acids is 1. The number of amides is 2. The molecule has 1 aromatic rings. The zero-order valence-electron chi connectivity index (χ0n) is 13.4. The number of carbonyl (C=O) groups is 1. The van der Waals surface area contributed by atoms with Crippen molar-refractivity contribution in [3.05, 3.63) is 35.6 Å². The molecule has 1 aliphatic rings. The van der Waals surface area contributed by atoms with Gasteiger partial charge in [-0.2, -0.15) is 0 Å². The van der Waals surface area contributed by atoms with Crippen molar-refractivity contribution in [3.63, 3.8) is 0 Å². The number of nitrogens with one attached hydrogen (secondary N) is 2. The molecule has 0 aliphatic carbocycles. The number of benzene rings is 1. The zero-order valence-corrected chi connectivity index (χ0v) is 13.4. The molecule has 0 unspecified atom stereocenters. The first-order chi connectivity index (χ1) is 10.5. The fourth-order valence-corrected chi connectivity index (χ4v) is 2.90. The van der Waals surface area contributed by atoms with Crippen LogP contribution in [0.15, 0.2) is 24.3 Å². The number of urea groups is 1. The molecular weight excluding hydrogens is 281 g/mol. The van der Waals surface area contributed by atoms with Crippen molar-refractivity contribution in [1.29, 1.82) is 0 Å². The van der Waals surface area contributed by atoms with E-state index in [1.165, 1.54) is 25.0 Å². The Hall–Kier alpha value is -1.62. The van der Waals surface area contributed by atoms with E-state index in [9.17, 15) is 9.18 Å². The van der Waals surface area contributed by atoms with Crippen LogP contribution in [-0.4, -0.2) is 37.1 Å². The van der Waals surface area contributed by atoms with Gasteiger partial charge in [-0.25, -0.2) is 9.18 Å². The van der Waals surface area contributed by atoms with E-state index < -0.39 is 0 Å². The van der Waals surface area contributed by atoms with Gasteiger partial charge in [0.05, 0.1) is 6.04 Å². The minimum Gasteiger partial charge on any atom is -0.337 e. The van der Waals surface area contributed by atoms with Crippen LogP contribution < -0.4 is 10.6 Å². The molecule has 5 heteroatoms. The van der Waals surface area contributed by atoms with Crippen LogP contribution in [0.3, 0.4) is 0 Å². The van der Waals surface area contributed by atoms with Gasteiger partial charge in [-0.15, -0.1) is 0 Å². The highest BCUT2D eigenvalue weighted by Gasteiger charge is 2.16. The number of hydrogen-bond acceptors (Lipinski definition) is 2. The Labute approximate surface area is 132 Å². The molecular formula is C17H26FN3O. The molecule has 4 nitrogen and oxygen atoms in total. The topological polar surface area (TPSA) is 44.4 Å². The summed E-state index contributed by atoms with van der Waals surface area (Å²) < 4.78 is 12.9. The van der Waals surface area contributed by atoms with Gasteiger partial charge in [-0.1, -0.05) is 19.1 Å². The Morgan fingerprint density at radius 3 is 2.82 bits per heavy atom. The molecule has 2 amide bonds. The van der Waals surface area contributed by atoms with E-state index in [2.05, 4.69) is 22.5 Å². The SMILES string of the molecule is C[C@@H]1CCCN(CCNC(=O)N[C@H](C)c2ccc(F)cc2)C1. The van der Waals surface area contributed by atoms with E-state index in [1.807, 2.05) is 6.92 Å². The minimum absolute atomic E-state index is 0.143. The van der Waals surface area contributed by atoms with E-state index in [-0.39, 0.29) is 17.9 Å². The number of nitrogens with zero attached hydrogens (tertiary/aromatic N) is 1. The van der Waals surface area contributed by atoms with Crippen LogP contribution >= 0.6 is 0 Å². The van der Waals surface area contributed by atoms with Crippen molar-refractivity contribution in [2.24, 2.45) is 5.92 Å². The molecule has 0 aromatic heterocycles. The molecule has 122 valence electrons. The summed E-state index contributed by atoms with van der Waals surface area (Å²) in [4.78, 5) is 14.3. The molecule has 1 saturated heterocycles. The minimum atomic E-state index is -0.267. The summed E-state index contributed by atoms with van der Waals surface area (Å²) in [6, 6.07) is 5.87. The standard InChI is InChI=1S/C17H26FN3O/c1-13-4-3-10-21(12-13)11-9-19-17(22)20-14(2)15-5-7-16(18)8-6-15/h5-8,13-14H,3-4,9-12H2,1-2H3,(H2,19,20,22)/t13-,14-/m1/s1. The van der Waals surface area contributed by atoms with Gasteiger partial charge in [-0.05, 0) is 49.9 Å².